The Kier molecular flexibility index (Phi) is 7.31. The Morgan fingerprint density at radius 1 is 1.09 bits per heavy atom. The molecular weight excluding hydrogens is 470 g/mol. The van der Waals surface area contributed by atoms with Crippen LogP contribution in [-0.2, 0) is 14.8 Å². The summed E-state index contributed by atoms with van der Waals surface area (Å²) in [6, 6.07) is 16.1. The van der Waals surface area contributed by atoms with Gasteiger partial charge in [-0.1, -0.05) is 23.7 Å². The standard InChI is InChI=1S/C22H18ClN3O6S/c1-32-17-9-7-16(8-10-17)25-33(30,31)18-11-12-19(23)20(14-18)24-22(27)13-6-15-4-2-3-5-21(15)26(28)29/h2-14,25H,1H3,(H,24,27)/b13-6+. The lowest BCUT2D eigenvalue weighted by Crippen LogP contribution is -2.14. The summed E-state index contributed by atoms with van der Waals surface area (Å²) < 4.78 is 33.0. The molecule has 0 atom stereocenters. The Labute approximate surface area is 194 Å². The fourth-order valence-electron chi connectivity index (χ4n) is 2.78. The minimum Gasteiger partial charge on any atom is -0.497 e. The van der Waals surface area contributed by atoms with Gasteiger partial charge in [0.05, 0.1) is 33.2 Å². The number of nitro groups is 1. The molecule has 0 saturated carbocycles. The molecule has 0 fully saturated rings. The summed E-state index contributed by atoms with van der Waals surface area (Å²) in [4.78, 5) is 22.7. The number of methoxy groups -OCH3 is 1. The molecule has 9 nitrogen and oxygen atoms in total. The van der Waals surface area contributed by atoms with Crippen LogP contribution in [0.4, 0.5) is 17.1 Å². The zero-order valence-electron chi connectivity index (χ0n) is 17.2. The van der Waals surface area contributed by atoms with E-state index >= 15 is 0 Å². The van der Waals surface area contributed by atoms with E-state index in [1.807, 2.05) is 0 Å². The number of nitro benzene ring substituents is 1. The van der Waals surface area contributed by atoms with Gasteiger partial charge in [0.25, 0.3) is 15.7 Å². The van der Waals surface area contributed by atoms with E-state index in [1.165, 1.54) is 49.6 Å². The van der Waals surface area contributed by atoms with Gasteiger partial charge in [-0.25, -0.2) is 8.42 Å². The first-order valence-corrected chi connectivity index (χ1v) is 11.2. The van der Waals surface area contributed by atoms with Crippen LogP contribution in [0.3, 0.4) is 0 Å². The highest BCUT2D eigenvalue weighted by molar-refractivity contribution is 7.92. The number of anilines is 2. The number of benzene rings is 3. The lowest BCUT2D eigenvalue weighted by atomic mass is 10.1. The lowest BCUT2D eigenvalue weighted by Gasteiger charge is -2.11. The van der Waals surface area contributed by atoms with Crippen molar-refractivity contribution in [2.24, 2.45) is 0 Å². The number of rotatable bonds is 8. The van der Waals surface area contributed by atoms with Crippen molar-refractivity contribution in [3.8, 4) is 5.75 Å². The number of nitrogens with one attached hydrogen (secondary N) is 2. The van der Waals surface area contributed by atoms with E-state index in [4.69, 9.17) is 16.3 Å². The van der Waals surface area contributed by atoms with E-state index in [-0.39, 0.29) is 26.9 Å². The van der Waals surface area contributed by atoms with Crippen molar-refractivity contribution >= 4 is 50.7 Å². The van der Waals surface area contributed by atoms with Crippen LogP contribution < -0.4 is 14.8 Å². The molecule has 0 radical (unpaired) electrons. The topological polar surface area (TPSA) is 128 Å². The van der Waals surface area contributed by atoms with Crippen LogP contribution in [-0.4, -0.2) is 26.4 Å². The van der Waals surface area contributed by atoms with Crippen molar-refractivity contribution in [3.63, 3.8) is 0 Å². The molecule has 3 rings (SSSR count). The third-order valence-corrected chi connectivity index (χ3v) is 6.10. The van der Waals surface area contributed by atoms with Gasteiger partial charge in [-0.2, -0.15) is 0 Å². The molecule has 3 aromatic rings. The first-order valence-electron chi connectivity index (χ1n) is 9.38. The zero-order chi connectivity index (χ0) is 24.0. The second-order valence-electron chi connectivity index (χ2n) is 6.61. The van der Waals surface area contributed by atoms with Crippen LogP contribution in [0.5, 0.6) is 5.75 Å². The van der Waals surface area contributed by atoms with Gasteiger partial charge in [0, 0.05) is 17.8 Å². The molecule has 0 aliphatic heterocycles. The van der Waals surface area contributed by atoms with E-state index in [0.29, 0.717) is 11.4 Å². The molecule has 11 heteroatoms. The SMILES string of the molecule is COc1ccc(NS(=O)(=O)c2ccc(Cl)c(NC(=O)/C=C/c3ccccc3[N+](=O)[O-])c2)cc1. The van der Waals surface area contributed by atoms with Crippen molar-refractivity contribution in [2.75, 3.05) is 17.1 Å². The second-order valence-corrected chi connectivity index (χ2v) is 8.70. The molecule has 0 bridgehead atoms. The summed E-state index contributed by atoms with van der Waals surface area (Å²) in [5, 5.41) is 13.7. The normalized spacial score (nSPS) is 11.2. The number of para-hydroxylation sites is 1. The molecule has 0 spiro atoms. The molecule has 0 unspecified atom stereocenters. The monoisotopic (exact) mass is 487 g/mol. The molecule has 0 saturated heterocycles. The van der Waals surface area contributed by atoms with Crippen LogP contribution in [0.15, 0.2) is 77.7 Å². The fourth-order valence-corrected chi connectivity index (χ4v) is 4.02. The van der Waals surface area contributed by atoms with Crippen molar-refractivity contribution in [1.82, 2.24) is 0 Å². The molecule has 2 N–H and O–H groups in total. The van der Waals surface area contributed by atoms with Crippen LogP contribution >= 0.6 is 11.6 Å². The molecule has 1 amide bonds. The Morgan fingerprint density at radius 3 is 2.45 bits per heavy atom. The van der Waals surface area contributed by atoms with E-state index in [1.54, 1.807) is 30.3 Å². The maximum atomic E-state index is 12.7. The lowest BCUT2D eigenvalue weighted by molar-refractivity contribution is -0.385. The molecule has 0 aliphatic rings. The van der Waals surface area contributed by atoms with Crippen molar-refractivity contribution in [1.29, 1.82) is 0 Å². The minimum absolute atomic E-state index is 0.0616. The predicted molar refractivity (Wildman–Crippen MR) is 126 cm³/mol. The number of carbonyl (C=O) groups excluding carboxylic acids is 1. The van der Waals surface area contributed by atoms with Crippen LogP contribution in [0.25, 0.3) is 6.08 Å². The molecule has 0 heterocycles. The third-order valence-electron chi connectivity index (χ3n) is 4.40. The maximum absolute atomic E-state index is 12.7. The van der Waals surface area contributed by atoms with Gasteiger partial charge >= 0.3 is 0 Å². The van der Waals surface area contributed by atoms with Crippen molar-refractivity contribution < 1.29 is 22.9 Å². The van der Waals surface area contributed by atoms with Crippen LogP contribution in [0.2, 0.25) is 5.02 Å². The summed E-state index contributed by atoms with van der Waals surface area (Å²) in [6.07, 6.45) is 2.38. The molecule has 0 aromatic heterocycles. The van der Waals surface area contributed by atoms with E-state index < -0.39 is 20.9 Å². The highest BCUT2D eigenvalue weighted by atomic mass is 35.5. The number of carbonyl (C=O) groups is 1. The number of hydrogen-bond donors (Lipinski definition) is 2. The van der Waals surface area contributed by atoms with Gasteiger partial charge in [0.2, 0.25) is 5.91 Å². The summed E-state index contributed by atoms with van der Waals surface area (Å²) >= 11 is 6.11. The number of amides is 1. The Morgan fingerprint density at radius 2 is 1.79 bits per heavy atom. The van der Waals surface area contributed by atoms with E-state index in [9.17, 15) is 23.3 Å². The largest absolute Gasteiger partial charge is 0.497 e. The van der Waals surface area contributed by atoms with E-state index in [0.717, 1.165) is 6.08 Å². The number of nitrogens with zero attached hydrogens (tertiary/aromatic N) is 1. The summed E-state index contributed by atoms with van der Waals surface area (Å²) in [7, 11) is -2.47. The average Bonchev–Trinajstić information content (AvgIpc) is 2.79. The molecule has 33 heavy (non-hydrogen) atoms. The number of hydrogen-bond acceptors (Lipinski definition) is 6. The summed E-state index contributed by atoms with van der Waals surface area (Å²) in [5.74, 6) is -0.0731. The second kappa shape index (κ2) is 10.2. The predicted octanol–water partition coefficient (Wildman–Crippen LogP) is 4.71. The zero-order valence-corrected chi connectivity index (χ0v) is 18.8. The van der Waals surface area contributed by atoms with Crippen molar-refractivity contribution in [2.45, 2.75) is 4.90 Å². The molecule has 3 aromatic carbocycles. The van der Waals surface area contributed by atoms with Gasteiger partial charge in [-0.3, -0.25) is 19.6 Å². The van der Waals surface area contributed by atoms with Crippen LogP contribution in [0, 0.1) is 10.1 Å². The first kappa shape index (κ1) is 23.8. The Hall–Kier alpha value is -3.89. The van der Waals surface area contributed by atoms with Gasteiger partial charge in [0.15, 0.2) is 0 Å². The highest BCUT2D eigenvalue weighted by Gasteiger charge is 2.17. The van der Waals surface area contributed by atoms with E-state index in [2.05, 4.69) is 10.0 Å². The first-order chi connectivity index (χ1) is 15.7. The number of sulfonamides is 1. The quantitative estimate of drug-likeness (QED) is 0.269. The molecule has 0 aliphatic carbocycles. The summed E-state index contributed by atoms with van der Waals surface area (Å²) in [6.45, 7) is 0. The number of ether oxygens (including phenoxy) is 1. The fraction of sp³-hybridized carbons (Fsp3) is 0.0455. The Bertz CT molecular complexity index is 1320. The van der Waals surface area contributed by atoms with Crippen molar-refractivity contribution in [3.05, 3.63) is 93.5 Å². The van der Waals surface area contributed by atoms with Gasteiger partial charge in [-0.15, -0.1) is 0 Å². The minimum atomic E-state index is -3.97. The molecule has 170 valence electrons. The van der Waals surface area contributed by atoms with Crippen LogP contribution in [0.1, 0.15) is 5.56 Å². The van der Waals surface area contributed by atoms with Gasteiger partial charge < -0.3 is 10.1 Å². The molecular formula is C22H18ClN3O6S. The van der Waals surface area contributed by atoms with Gasteiger partial charge in [-0.05, 0) is 54.6 Å². The third kappa shape index (κ3) is 6.09. The summed E-state index contributed by atoms with van der Waals surface area (Å²) in [5.41, 5.74) is 0.469. The number of halogens is 1. The maximum Gasteiger partial charge on any atom is 0.276 e. The van der Waals surface area contributed by atoms with Gasteiger partial charge in [0.1, 0.15) is 5.75 Å². The smallest absolute Gasteiger partial charge is 0.276 e. The Balaban J connectivity index is 1.78. The average molecular weight is 488 g/mol. The highest BCUT2D eigenvalue weighted by Crippen LogP contribution is 2.27.